The lowest BCUT2D eigenvalue weighted by atomic mass is 9.76. The standard InChI is InChI=1S/C19H26N4O2/c1-3-8-23-12-17(13(2)22-23)19(25)21-18(14-9-16(24)10-14)11-15-6-4-5-7-20-15/h4-7,12,14,16,18,24H,3,8-11H2,1-2H3,(H,21,25)/t14?,16?,18-/m0/s1. The number of rotatable bonds is 7. The van der Waals surface area contributed by atoms with Gasteiger partial charge in [0.05, 0.1) is 17.4 Å². The van der Waals surface area contributed by atoms with E-state index in [-0.39, 0.29) is 24.0 Å². The van der Waals surface area contributed by atoms with Crippen LogP contribution in [0.15, 0.2) is 30.6 Å². The molecule has 2 N–H and O–H groups in total. The van der Waals surface area contributed by atoms with Gasteiger partial charge in [0, 0.05) is 37.1 Å². The van der Waals surface area contributed by atoms with Crippen molar-refractivity contribution in [2.75, 3.05) is 0 Å². The zero-order chi connectivity index (χ0) is 17.8. The molecule has 0 aliphatic heterocycles. The Hall–Kier alpha value is -2.21. The van der Waals surface area contributed by atoms with Crippen LogP contribution in [0.3, 0.4) is 0 Å². The quantitative estimate of drug-likeness (QED) is 0.808. The summed E-state index contributed by atoms with van der Waals surface area (Å²) in [6, 6.07) is 5.78. The molecule has 0 unspecified atom stereocenters. The van der Waals surface area contributed by atoms with Gasteiger partial charge in [0.2, 0.25) is 0 Å². The summed E-state index contributed by atoms with van der Waals surface area (Å²) in [5.74, 6) is 0.189. The first-order valence-electron chi connectivity index (χ1n) is 8.99. The van der Waals surface area contributed by atoms with Crippen molar-refractivity contribution in [3.05, 3.63) is 47.5 Å². The molecule has 1 amide bonds. The number of amides is 1. The summed E-state index contributed by atoms with van der Waals surface area (Å²) in [4.78, 5) is 17.1. The number of hydrogen-bond donors (Lipinski definition) is 2. The van der Waals surface area contributed by atoms with Crippen molar-refractivity contribution in [2.24, 2.45) is 5.92 Å². The van der Waals surface area contributed by atoms with Gasteiger partial charge in [0.25, 0.3) is 5.91 Å². The molecule has 1 atom stereocenters. The fraction of sp³-hybridized carbons (Fsp3) is 0.526. The third-order valence-corrected chi connectivity index (χ3v) is 4.83. The van der Waals surface area contributed by atoms with Gasteiger partial charge in [0.1, 0.15) is 0 Å². The Bertz CT molecular complexity index is 707. The van der Waals surface area contributed by atoms with Gasteiger partial charge in [-0.05, 0) is 44.2 Å². The molecule has 25 heavy (non-hydrogen) atoms. The number of aryl methyl sites for hydroxylation is 2. The zero-order valence-electron chi connectivity index (χ0n) is 14.9. The second-order valence-corrected chi connectivity index (χ2v) is 6.88. The SMILES string of the molecule is CCCn1cc(C(=O)N[C@@H](Cc2ccccn2)C2CC(O)C2)c(C)n1. The molecule has 2 aromatic rings. The molecule has 0 radical (unpaired) electrons. The van der Waals surface area contributed by atoms with Crippen LogP contribution >= 0.6 is 0 Å². The van der Waals surface area contributed by atoms with E-state index in [9.17, 15) is 9.90 Å². The smallest absolute Gasteiger partial charge is 0.254 e. The largest absolute Gasteiger partial charge is 0.393 e. The molecule has 134 valence electrons. The van der Waals surface area contributed by atoms with Gasteiger partial charge in [-0.3, -0.25) is 14.5 Å². The van der Waals surface area contributed by atoms with Crippen molar-refractivity contribution in [2.45, 2.75) is 58.2 Å². The van der Waals surface area contributed by atoms with Gasteiger partial charge in [-0.25, -0.2) is 0 Å². The summed E-state index contributed by atoms with van der Waals surface area (Å²) >= 11 is 0. The topological polar surface area (TPSA) is 80.0 Å². The van der Waals surface area contributed by atoms with Crippen molar-refractivity contribution in [3.63, 3.8) is 0 Å². The number of nitrogens with one attached hydrogen (secondary N) is 1. The average Bonchev–Trinajstić information content (AvgIpc) is 2.93. The van der Waals surface area contributed by atoms with E-state index in [0.29, 0.717) is 12.0 Å². The van der Waals surface area contributed by atoms with Crippen LogP contribution in [0, 0.1) is 12.8 Å². The van der Waals surface area contributed by atoms with Gasteiger partial charge in [0.15, 0.2) is 0 Å². The average molecular weight is 342 g/mol. The molecule has 3 rings (SSSR count). The molecule has 0 aromatic carbocycles. The van der Waals surface area contributed by atoms with E-state index in [4.69, 9.17) is 0 Å². The molecular formula is C19H26N4O2. The number of aromatic nitrogens is 3. The minimum atomic E-state index is -0.248. The van der Waals surface area contributed by atoms with E-state index in [1.165, 1.54) is 0 Å². The van der Waals surface area contributed by atoms with Gasteiger partial charge < -0.3 is 10.4 Å². The molecule has 6 nitrogen and oxygen atoms in total. The number of aliphatic hydroxyl groups is 1. The lowest BCUT2D eigenvalue weighted by Gasteiger charge is -2.38. The Morgan fingerprint density at radius 1 is 1.44 bits per heavy atom. The van der Waals surface area contributed by atoms with Crippen molar-refractivity contribution < 1.29 is 9.90 Å². The summed E-state index contributed by atoms with van der Waals surface area (Å²) in [7, 11) is 0. The maximum atomic E-state index is 12.8. The van der Waals surface area contributed by atoms with E-state index >= 15 is 0 Å². The van der Waals surface area contributed by atoms with E-state index in [0.717, 1.165) is 37.2 Å². The highest BCUT2D eigenvalue weighted by Crippen LogP contribution is 2.31. The highest BCUT2D eigenvalue weighted by molar-refractivity contribution is 5.95. The van der Waals surface area contributed by atoms with Crippen molar-refractivity contribution >= 4 is 5.91 Å². The van der Waals surface area contributed by atoms with Crippen LogP contribution in [0.5, 0.6) is 0 Å². The van der Waals surface area contributed by atoms with Gasteiger partial charge in [-0.15, -0.1) is 0 Å². The Labute approximate surface area is 148 Å². The minimum absolute atomic E-state index is 0.0280. The fourth-order valence-electron chi connectivity index (χ4n) is 3.37. The molecule has 0 saturated heterocycles. The van der Waals surface area contributed by atoms with E-state index in [1.807, 2.05) is 36.0 Å². The van der Waals surface area contributed by atoms with Crippen LogP contribution < -0.4 is 5.32 Å². The molecule has 0 bridgehead atoms. The molecular weight excluding hydrogens is 316 g/mol. The highest BCUT2D eigenvalue weighted by Gasteiger charge is 2.35. The monoisotopic (exact) mass is 342 g/mol. The van der Waals surface area contributed by atoms with Crippen molar-refractivity contribution in [1.82, 2.24) is 20.1 Å². The number of hydrogen-bond acceptors (Lipinski definition) is 4. The van der Waals surface area contributed by atoms with E-state index in [1.54, 1.807) is 6.20 Å². The third-order valence-electron chi connectivity index (χ3n) is 4.83. The summed E-state index contributed by atoms with van der Waals surface area (Å²) in [6.07, 6.45) is 6.45. The Morgan fingerprint density at radius 3 is 2.88 bits per heavy atom. The second kappa shape index (κ2) is 7.78. The summed E-state index contributed by atoms with van der Waals surface area (Å²) in [5, 5.41) is 17.2. The van der Waals surface area contributed by atoms with Gasteiger partial charge in [-0.2, -0.15) is 5.10 Å². The molecule has 0 spiro atoms. The van der Waals surface area contributed by atoms with Crippen LogP contribution in [-0.2, 0) is 13.0 Å². The Kier molecular flexibility index (Phi) is 5.48. The summed E-state index contributed by atoms with van der Waals surface area (Å²) in [5.41, 5.74) is 2.32. The fourth-order valence-corrected chi connectivity index (χ4v) is 3.37. The number of pyridine rings is 1. The zero-order valence-corrected chi connectivity index (χ0v) is 14.9. The lowest BCUT2D eigenvalue weighted by molar-refractivity contribution is 0.0237. The maximum absolute atomic E-state index is 12.8. The number of carbonyl (C=O) groups is 1. The Balaban J connectivity index is 1.72. The molecule has 6 heteroatoms. The number of nitrogens with zero attached hydrogens (tertiary/aromatic N) is 3. The molecule has 2 heterocycles. The van der Waals surface area contributed by atoms with E-state index in [2.05, 4.69) is 22.3 Å². The molecule has 1 aliphatic carbocycles. The highest BCUT2D eigenvalue weighted by atomic mass is 16.3. The number of aliphatic hydroxyl groups excluding tert-OH is 1. The van der Waals surface area contributed by atoms with Crippen LogP contribution in [0.2, 0.25) is 0 Å². The van der Waals surface area contributed by atoms with Gasteiger partial charge >= 0.3 is 0 Å². The second-order valence-electron chi connectivity index (χ2n) is 6.88. The first kappa shape index (κ1) is 17.6. The third kappa shape index (κ3) is 4.25. The molecule has 2 aromatic heterocycles. The van der Waals surface area contributed by atoms with Crippen molar-refractivity contribution in [1.29, 1.82) is 0 Å². The van der Waals surface area contributed by atoms with Crippen molar-refractivity contribution in [3.8, 4) is 0 Å². The molecule has 1 fully saturated rings. The van der Waals surface area contributed by atoms with Crippen LogP contribution in [0.1, 0.15) is 47.9 Å². The molecule has 1 saturated carbocycles. The van der Waals surface area contributed by atoms with E-state index < -0.39 is 0 Å². The first-order valence-corrected chi connectivity index (χ1v) is 8.99. The summed E-state index contributed by atoms with van der Waals surface area (Å²) in [6.45, 7) is 4.75. The maximum Gasteiger partial charge on any atom is 0.254 e. The van der Waals surface area contributed by atoms with Crippen LogP contribution in [0.25, 0.3) is 0 Å². The first-order chi connectivity index (χ1) is 12.1. The molecule has 1 aliphatic rings. The minimum Gasteiger partial charge on any atom is -0.393 e. The Morgan fingerprint density at radius 2 is 2.24 bits per heavy atom. The normalized spacial score (nSPS) is 20.8. The number of carbonyl (C=O) groups excluding carboxylic acids is 1. The van der Waals surface area contributed by atoms with Gasteiger partial charge in [-0.1, -0.05) is 13.0 Å². The van der Waals surface area contributed by atoms with Crippen LogP contribution in [0.4, 0.5) is 0 Å². The summed E-state index contributed by atoms with van der Waals surface area (Å²) < 4.78 is 1.82. The predicted molar refractivity (Wildman–Crippen MR) is 95.2 cm³/mol. The van der Waals surface area contributed by atoms with Crippen LogP contribution in [-0.4, -0.2) is 37.9 Å². The lowest BCUT2D eigenvalue weighted by Crippen LogP contribution is -2.48. The predicted octanol–water partition coefficient (Wildman–Crippen LogP) is 2.11.